The highest BCUT2D eigenvalue weighted by atomic mass is 32.2. The second-order valence-electron chi connectivity index (χ2n) is 26.7. The molecule has 105 heavy (non-hydrogen) atoms. The summed E-state index contributed by atoms with van der Waals surface area (Å²) in [6, 6.07) is 60.0. The van der Waals surface area contributed by atoms with Gasteiger partial charge < -0.3 is 41.9 Å². The molecule has 5 atom stereocenters. The van der Waals surface area contributed by atoms with Gasteiger partial charge >= 0.3 is 5.97 Å². The first-order valence-corrected chi connectivity index (χ1v) is 39.0. The Bertz CT molecular complexity index is 4040. The number of aliphatic carboxylic acids is 1. The number of rotatable bonds is 22. The van der Waals surface area contributed by atoms with Crippen LogP contribution in [0.2, 0.25) is 0 Å². The number of halogens is 2. The fourth-order valence-corrected chi connectivity index (χ4v) is 14.4. The van der Waals surface area contributed by atoms with Gasteiger partial charge in [-0.05, 0) is 127 Å². The summed E-state index contributed by atoms with van der Waals surface area (Å²) >= 11 is 1.49. The molecular formula is C83H98F2N6O12S2. The average Bonchev–Trinajstić information content (AvgIpc) is 1.10. The van der Waals surface area contributed by atoms with Gasteiger partial charge in [-0.1, -0.05) is 247 Å². The zero-order valence-corrected chi connectivity index (χ0v) is 61.0. The van der Waals surface area contributed by atoms with Crippen molar-refractivity contribution in [3.05, 3.63) is 262 Å². The first-order valence-electron chi connectivity index (χ1n) is 36.3. The molecule has 0 bridgehead atoms. The van der Waals surface area contributed by atoms with Gasteiger partial charge in [-0.2, -0.15) is 8.42 Å². The van der Waals surface area contributed by atoms with Crippen LogP contribution in [0.25, 0.3) is 0 Å². The lowest BCUT2D eigenvalue weighted by Gasteiger charge is -2.33. The average molecular weight is 1470 g/mol. The summed E-state index contributed by atoms with van der Waals surface area (Å²) in [5.74, 6) is -3.19. The summed E-state index contributed by atoms with van der Waals surface area (Å²) in [5.41, 5.74) is 4.14. The van der Waals surface area contributed by atoms with Crippen LogP contribution in [0.5, 0.6) is 0 Å². The molecule has 558 valence electrons. The molecule has 0 aliphatic heterocycles. The molecule has 4 fully saturated rings. The van der Waals surface area contributed by atoms with Crippen LogP contribution < -0.4 is 31.5 Å². The molecule has 18 nitrogen and oxygen atoms in total. The number of aliphatic hydroxyl groups is 2. The standard InChI is InChI=1S/C26H27FN2O2S.C20H23FN2O.C15H21NO4S.C14H19NO2.C8H8O3/c27-20-11-7-14-22(17-20)29(24(30)18-23-15-8-16-32-23)25(19-9-3-1-4-10-19)26(31)28-21-12-5-2-6-13-21;21-16-10-7-13-18(14-16)22-19(15-8-3-1-4-9-15)20(24)23-17-11-5-2-6-12-17;1-21(18,19)20-14(12-8-4-2-5-9-12)15(17)16-13-10-6-3-7-11-13;16-13(11-7-3-1-4-8-11)14(17)15-12-9-5-2-6-10-12;9-7(8(10)11)6-4-2-1-3-5-6/h1,3-4,7-11,14-17,21,25H,2,5-6,12-13,18H2,(H,28,31);1,3-4,7-10,13-14,17,19,22H,2,5-6,11-12H2,(H,23,24);2,4-5,8-9,13-14H,3,6-7,10-11H2,1H3,(H,16,17);1,3-4,7-8,12-13,16H,2,5-6,9-10H2,(H,15,17);1-5,7,9H,(H,10,11)/t25-;19-;14-;13-;7-/m00111/s1. The van der Waals surface area contributed by atoms with Gasteiger partial charge in [0.25, 0.3) is 21.9 Å². The molecule has 0 spiro atoms. The third-order valence-electron chi connectivity index (χ3n) is 18.5. The van der Waals surface area contributed by atoms with Crippen molar-refractivity contribution in [3.63, 3.8) is 0 Å². The number of thiophene rings is 1. The lowest BCUT2D eigenvalue weighted by molar-refractivity contribution is -0.147. The van der Waals surface area contributed by atoms with E-state index >= 15 is 0 Å². The Morgan fingerprint density at radius 2 is 0.857 bits per heavy atom. The van der Waals surface area contributed by atoms with Crippen molar-refractivity contribution in [2.75, 3.05) is 16.5 Å². The minimum Gasteiger partial charge on any atom is -0.479 e. The van der Waals surface area contributed by atoms with Crippen molar-refractivity contribution < 1.29 is 65.5 Å². The van der Waals surface area contributed by atoms with Gasteiger partial charge in [0.2, 0.25) is 17.7 Å². The molecule has 8 N–H and O–H groups in total. The van der Waals surface area contributed by atoms with Crippen LogP contribution in [-0.2, 0) is 49.5 Å². The van der Waals surface area contributed by atoms with Gasteiger partial charge in [-0.25, -0.2) is 13.6 Å². The Kier molecular flexibility index (Phi) is 33.3. The largest absolute Gasteiger partial charge is 0.479 e. The summed E-state index contributed by atoms with van der Waals surface area (Å²) in [5, 5.41) is 44.5. The van der Waals surface area contributed by atoms with Crippen LogP contribution in [-0.4, -0.2) is 89.7 Å². The van der Waals surface area contributed by atoms with Crippen LogP contribution in [0.3, 0.4) is 0 Å². The normalized spacial score (nSPS) is 16.3. The molecule has 0 saturated heterocycles. The predicted molar refractivity (Wildman–Crippen MR) is 406 cm³/mol. The Morgan fingerprint density at radius 1 is 0.457 bits per heavy atom. The Balaban J connectivity index is 0.000000172. The third-order valence-corrected chi connectivity index (χ3v) is 20.0. The van der Waals surface area contributed by atoms with Gasteiger partial charge in [0.15, 0.2) is 18.3 Å². The Hall–Kier alpha value is -9.45. The molecule has 4 aliphatic rings. The highest BCUT2D eigenvalue weighted by molar-refractivity contribution is 7.86. The van der Waals surface area contributed by atoms with E-state index < -0.39 is 58.2 Å². The lowest BCUT2D eigenvalue weighted by Crippen LogP contribution is -2.47. The molecule has 7 aromatic carbocycles. The second kappa shape index (κ2) is 43.1. The van der Waals surface area contributed by atoms with E-state index in [1.165, 1.54) is 79.0 Å². The number of carbonyl (C=O) groups is 6. The van der Waals surface area contributed by atoms with Crippen LogP contribution in [0.15, 0.2) is 218 Å². The molecule has 1 aromatic heterocycles. The number of anilines is 2. The molecule has 0 unspecified atom stereocenters. The SMILES string of the molecule is CS(=O)(=O)O[C@@H](C(=O)NC1CCCCC1)c1ccccc1.O=C(NC1CCCCC1)[C@@H](Nc1cccc(F)c1)c1ccccc1.O=C(NC1CCCCC1)[C@H](O)c1ccccc1.O=C(NC1CCCCC1)[C@H](c1ccccc1)N(C(=O)Cc1cccs1)c1cccc(F)c1.O=C(O)[C@H](O)c1ccccc1. The van der Waals surface area contributed by atoms with Crippen molar-refractivity contribution in [1.82, 2.24) is 21.3 Å². The highest BCUT2D eigenvalue weighted by Gasteiger charge is 2.35. The quantitative estimate of drug-likeness (QED) is 0.0294. The third kappa shape index (κ3) is 27.8. The summed E-state index contributed by atoms with van der Waals surface area (Å²) in [4.78, 5) is 76.9. The molecule has 5 amide bonds. The molecular weight excluding hydrogens is 1380 g/mol. The molecule has 12 rings (SSSR count). The summed E-state index contributed by atoms with van der Waals surface area (Å²) < 4.78 is 55.4. The molecule has 1 heterocycles. The topological polar surface area (TPSA) is 270 Å². The molecule has 4 saturated carbocycles. The fourth-order valence-electron chi connectivity index (χ4n) is 13.2. The van der Waals surface area contributed by atoms with E-state index in [2.05, 4.69) is 26.6 Å². The Labute approximate surface area is 619 Å². The van der Waals surface area contributed by atoms with Crippen molar-refractivity contribution in [1.29, 1.82) is 0 Å². The van der Waals surface area contributed by atoms with E-state index in [0.29, 0.717) is 33.6 Å². The minimum absolute atomic E-state index is 0.0580. The first-order chi connectivity index (χ1) is 50.8. The summed E-state index contributed by atoms with van der Waals surface area (Å²) in [6.45, 7) is 0. The molecule has 0 radical (unpaired) electrons. The summed E-state index contributed by atoms with van der Waals surface area (Å²) in [6.07, 6.45) is 19.3. The van der Waals surface area contributed by atoms with Crippen LogP contribution in [0.4, 0.5) is 20.2 Å². The number of carbonyl (C=O) groups excluding carboxylic acids is 5. The number of aliphatic hydroxyl groups excluding tert-OH is 2. The van der Waals surface area contributed by atoms with Gasteiger partial charge in [0.1, 0.15) is 23.7 Å². The molecule has 4 aliphatic carbocycles. The van der Waals surface area contributed by atoms with Crippen LogP contribution in [0.1, 0.15) is 192 Å². The number of carboxylic acids is 1. The van der Waals surface area contributed by atoms with E-state index in [0.717, 1.165) is 107 Å². The van der Waals surface area contributed by atoms with Crippen LogP contribution >= 0.6 is 11.3 Å². The zero-order valence-electron chi connectivity index (χ0n) is 59.4. The van der Waals surface area contributed by atoms with Gasteiger partial charge in [-0.15, -0.1) is 11.3 Å². The van der Waals surface area contributed by atoms with E-state index in [1.807, 2.05) is 96.4 Å². The van der Waals surface area contributed by atoms with Crippen molar-refractivity contribution in [2.24, 2.45) is 0 Å². The number of amides is 5. The van der Waals surface area contributed by atoms with Crippen molar-refractivity contribution in [2.45, 2.75) is 189 Å². The number of hydrogen-bond acceptors (Lipinski definition) is 13. The maximum absolute atomic E-state index is 14.2. The maximum atomic E-state index is 14.2. The molecule has 8 aromatic rings. The van der Waals surface area contributed by atoms with Crippen molar-refractivity contribution >= 4 is 68.3 Å². The lowest BCUT2D eigenvalue weighted by atomic mass is 9.94. The zero-order chi connectivity index (χ0) is 74.8. The number of hydrogen-bond donors (Lipinski definition) is 8. The van der Waals surface area contributed by atoms with Crippen LogP contribution in [0, 0.1) is 11.6 Å². The van der Waals surface area contributed by atoms with Gasteiger partial charge in [0, 0.05) is 40.4 Å². The monoisotopic (exact) mass is 1470 g/mol. The van der Waals surface area contributed by atoms with E-state index in [9.17, 15) is 51.1 Å². The van der Waals surface area contributed by atoms with E-state index in [4.69, 9.17) is 14.4 Å². The predicted octanol–water partition coefficient (Wildman–Crippen LogP) is 15.2. The second-order valence-corrected chi connectivity index (χ2v) is 29.4. The number of nitrogens with one attached hydrogen (secondary N) is 5. The van der Waals surface area contributed by atoms with E-state index in [1.54, 1.807) is 97.1 Å². The Morgan fingerprint density at radius 3 is 1.29 bits per heavy atom. The van der Waals surface area contributed by atoms with Gasteiger partial charge in [-0.3, -0.25) is 33.1 Å². The van der Waals surface area contributed by atoms with Crippen molar-refractivity contribution in [3.8, 4) is 0 Å². The van der Waals surface area contributed by atoms with E-state index in [-0.39, 0.29) is 60.0 Å². The minimum atomic E-state index is -3.72. The number of carboxylic acid groups (broad SMARTS) is 1. The number of nitrogens with zero attached hydrogens (tertiary/aromatic N) is 1. The first kappa shape index (κ1) is 81.2. The van der Waals surface area contributed by atoms with Gasteiger partial charge in [0.05, 0.1) is 12.7 Å². The molecule has 22 heteroatoms. The smallest absolute Gasteiger partial charge is 0.337 e. The number of benzene rings is 7. The fraction of sp³-hybridized carbons (Fsp3) is 0.373. The highest BCUT2D eigenvalue weighted by Crippen LogP contribution is 2.32. The maximum Gasteiger partial charge on any atom is 0.337 e. The summed E-state index contributed by atoms with van der Waals surface area (Å²) in [7, 11) is -3.72.